The lowest BCUT2D eigenvalue weighted by Crippen LogP contribution is -2.47. The van der Waals surface area contributed by atoms with E-state index in [0.29, 0.717) is 25.3 Å². The lowest BCUT2D eigenvalue weighted by Gasteiger charge is -2.34. The number of benzene rings is 1. The second-order valence-electron chi connectivity index (χ2n) is 7.23. The first-order valence-electron chi connectivity index (χ1n) is 9.10. The van der Waals surface area contributed by atoms with E-state index in [1.54, 1.807) is 28.9 Å². The number of nitrogens with zero attached hydrogens (tertiary/aromatic N) is 3. The Morgan fingerprint density at radius 1 is 1.33 bits per heavy atom. The highest BCUT2D eigenvalue weighted by Crippen LogP contribution is 2.22. The molecule has 0 radical (unpaired) electrons. The van der Waals surface area contributed by atoms with Gasteiger partial charge in [0.2, 0.25) is 11.7 Å². The quantitative estimate of drug-likeness (QED) is 0.826. The highest BCUT2D eigenvalue weighted by atomic mass is 19.1. The smallest absolute Gasteiger partial charge is 0.291 e. The maximum atomic E-state index is 13.2. The zero-order valence-corrected chi connectivity index (χ0v) is 15.8. The molecule has 1 aromatic heterocycles. The van der Waals surface area contributed by atoms with Crippen LogP contribution >= 0.6 is 0 Å². The molecule has 6 nitrogen and oxygen atoms in total. The van der Waals surface area contributed by atoms with E-state index < -0.39 is 0 Å². The summed E-state index contributed by atoms with van der Waals surface area (Å²) in [4.78, 5) is 33.1. The molecule has 1 fully saturated rings. The van der Waals surface area contributed by atoms with E-state index in [2.05, 4.69) is 4.98 Å². The van der Waals surface area contributed by atoms with Crippen molar-refractivity contribution in [1.29, 1.82) is 0 Å². The van der Waals surface area contributed by atoms with Gasteiger partial charge in [-0.3, -0.25) is 9.59 Å². The molecule has 2 amide bonds. The van der Waals surface area contributed by atoms with Crippen LogP contribution in [-0.4, -0.2) is 45.7 Å². The molecular weight excluding hydrogens is 349 g/mol. The Balaban J connectivity index is 1.83. The SMILES string of the molecule is Cc1ncoc1C(=O)N1CCC(=O)N(Cc2ccc(F)cc2)C(C(C)C)C1. The van der Waals surface area contributed by atoms with Gasteiger partial charge in [-0.2, -0.15) is 0 Å². The minimum Gasteiger partial charge on any atom is -0.438 e. The van der Waals surface area contributed by atoms with E-state index in [0.717, 1.165) is 5.56 Å². The molecule has 3 rings (SSSR count). The Hall–Kier alpha value is -2.70. The molecular formula is C20H24FN3O3. The van der Waals surface area contributed by atoms with E-state index >= 15 is 0 Å². The number of rotatable bonds is 4. The molecule has 1 aliphatic heterocycles. The van der Waals surface area contributed by atoms with Crippen LogP contribution in [0.2, 0.25) is 0 Å². The first-order chi connectivity index (χ1) is 12.9. The van der Waals surface area contributed by atoms with Gasteiger partial charge < -0.3 is 14.2 Å². The first-order valence-corrected chi connectivity index (χ1v) is 9.10. The molecule has 0 saturated carbocycles. The maximum Gasteiger partial charge on any atom is 0.291 e. The summed E-state index contributed by atoms with van der Waals surface area (Å²) in [6.07, 6.45) is 1.50. The van der Waals surface area contributed by atoms with Crippen molar-refractivity contribution in [1.82, 2.24) is 14.8 Å². The minimum atomic E-state index is -0.305. The third kappa shape index (κ3) is 4.18. The van der Waals surface area contributed by atoms with Gasteiger partial charge in [-0.1, -0.05) is 26.0 Å². The summed E-state index contributed by atoms with van der Waals surface area (Å²) in [7, 11) is 0. The summed E-state index contributed by atoms with van der Waals surface area (Å²) in [5.41, 5.74) is 1.40. The number of hydrogen-bond acceptors (Lipinski definition) is 4. The fourth-order valence-electron chi connectivity index (χ4n) is 3.37. The van der Waals surface area contributed by atoms with Crippen LogP contribution in [0.1, 0.15) is 42.1 Å². The lowest BCUT2D eigenvalue weighted by atomic mass is 10.0. The topological polar surface area (TPSA) is 66.7 Å². The number of halogens is 1. The van der Waals surface area contributed by atoms with Gasteiger partial charge in [0.05, 0.1) is 11.7 Å². The van der Waals surface area contributed by atoms with Crippen LogP contribution in [0.5, 0.6) is 0 Å². The van der Waals surface area contributed by atoms with Crippen molar-refractivity contribution < 1.29 is 18.4 Å². The van der Waals surface area contributed by atoms with Crippen LogP contribution < -0.4 is 0 Å². The minimum absolute atomic E-state index is 0.0115. The molecule has 7 heteroatoms. The van der Waals surface area contributed by atoms with Gasteiger partial charge in [0.15, 0.2) is 6.39 Å². The third-order valence-corrected chi connectivity index (χ3v) is 4.99. The zero-order chi connectivity index (χ0) is 19.6. The van der Waals surface area contributed by atoms with E-state index in [4.69, 9.17) is 4.42 Å². The lowest BCUT2D eigenvalue weighted by molar-refractivity contribution is -0.134. The van der Waals surface area contributed by atoms with E-state index in [1.165, 1.54) is 18.5 Å². The number of aromatic nitrogens is 1. The van der Waals surface area contributed by atoms with Gasteiger partial charge in [0.1, 0.15) is 5.82 Å². The fraction of sp³-hybridized carbons (Fsp3) is 0.450. The van der Waals surface area contributed by atoms with Crippen LogP contribution in [0.15, 0.2) is 35.1 Å². The monoisotopic (exact) mass is 373 g/mol. The number of carbonyl (C=O) groups excluding carboxylic acids is 2. The summed E-state index contributed by atoms with van der Waals surface area (Å²) in [6, 6.07) is 6.02. The molecule has 0 bridgehead atoms. The molecule has 1 aromatic carbocycles. The van der Waals surface area contributed by atoms with Gasteiger partial charge in [-0.05, 0) is 30.5 Å². The number of carbonyl (C=O) groups is 2. The predicted molar refractivity (Wildman–Crippen MR) is 97.3 cm³/mol. The van der Waals surface area contributed by atoms with Gasteiger partial charge in [-0.15, -0.1) is 0 Å². The number of hydrogen-bond donors (Lipinski definition) is 0. The number of oxazole rings is 1. The molecule has 1 atom stereocenters. The Labute approximate surface area is 158 Å². The summed E-state index contributed by atoms with van der Waals surface area (Å²) in [5, 5.41) is 0. The summed E-state index contributed by atoms with van der Waals surface area (Å²) in [5.74, 6) is -0.189. The number of amides is 2. The number of aryl methyl sites for hydroxylation is 1. The summed E-state index contributed by atoms with van der Waals surface area (Å²) >= 11 is 0. The molecule has 144 valence electrons. The normalized spacial score (nSPS) is 18.1. The Bertz CT molecular complexity index is 816. The Morgan fingerprint density at radius 2 is 2.04 bits per heavy atom. The van der Waals surface area contributed by atoms with Crippen LogP contribution in [-0.2, 0) is 11.3 Å². The molecule has 27 heavy (non-hydrogen) atoms. The van der Waals surface area contributed by atoms with Gasteiger partial charge >= 0.3 is 0 Å². The molecule has 0 spiro atoms. The molecule has 0 aliphatic carbocycles. The van der Waals surface area contributed by atoms with Crippen LogP contribution in [0.4, 0.5) is 4.39 Å². The standard InChI is InChI=1S/C20H24FN3O3/c1-13(2)17-11-23(20(26)19-14(3)22-12-27-19)9-8-18(25)24(17)10-15-4-6-16(21)7-5-15/h4-7,12-13,17H,8-11H2,1-3H3. The van der Waals surface area contributed by atoms with Crippen LogP contribution in [0.3, 0.4) is 0 Å². The molecule has 2 aromatic rings. The third-order valence-electron chi connectivity index (χ3n) is 4.99. The summed E-state index contributed by atoms with van der Waals surface area (Å²) in [6.45, 7) is 6.93. The predicted octanol–water partition coefficient (Wildman–Crippen LogP) is 3.02. The van der Waals surface area contributed by atoms with Crippen molar-refractivity contribution in [2.45, 2.75) is 39.8 Å². The highest BCUT2D eigenvalue weighted by Gasteiger charge is 2.34. The van der Waals surface area contributed by atoms with Gasteiger partial charge in [0, 0.05) is 26.1 Å². The summed E-state index contributed by atoms with van der Waals surface area (Å²) < 4.78 is 18.4. The van der Waals surface area contributed by atoms with Crippen LogP contribution in [0.25, 0.3) is 0 Å². The molecule has 1 saturated heterocycles. The van der Waals surface area contributed by atoms with Crippen molar-refractivity contribution >= 4 is 11.8 Å². The van der Waals surface area contributed by atoms with Crippen molar-refractivity contribution in [2.75, 3.05) is 13.1 Å². The Morgan fingerprint density at radius 3 is 2.63 bits per heavy atom. The van der Waals surface area contributed by atoms with E-state index in [9.17, 15) is 14.0 Å². The van der Waals surface area contributed by atoms with E-state index in [1.807, 2.05) is 13.8 Å². The van der Waals surface area contributed by atoms with E-state index in [-0.39, 0.29) is 41.8 Å². The zero-order valence-electron chi connectivity index (χ0n) is 15.8. The average Bonchev–Trinajstić information content (AvgIpc) is 2.99. The van der Waals surface area contributed by atoms with Crippen LogP contribution in [0, 0.1) is 18.7 Å². The van der Waals surface area contributed by atoms with Crippen molar-refractivity contribution in [3.63, 3.8) is 0 Å². The molecule has 1 unspecified atom stereocenters. The molecule has 0 N–H and O–H groups in total. The molecule has 2 heterocycles. The maximum absolute atomic E-state index is 13.2. The second kappa shape index (κ2) is 7.90. The largest absolute Gasteiger partial charge is 0.438 e. The second-order valence-corrected chi connectivity index (χ2v) is 7.23. The van der Waals surface area contributed by atoms with Crippen molar-refractivity contribution in [3.05, 3.63) is 53.5 Å². The van der Waals surface area contributed by atoms with Gasteiger partial charge in [-0.25, -0.2) is 9.37 Å². The van der Waals surface area contributed by atoms with Crippen molar-refractivity contribution in [3.8, 4) is 0 Å². The first kappa shape index (κ1) is 19.1. The van der Waals surface area contributed by atoms with Gasteiger partial charge in [0.25, 0.3) is 5.91 Å². The average molecular weight is 373 g/mol. The highest BCUT2D eigenvalue weighted by molar-refractivity contribution is 5.93. The Kier molecular flexibility index (Phi) is 5.58. The fourth-order valence-corrected chi connectivity index (χ4v) is 3.37. The van der Waals surface area contributed by atoms with Crippen molar-refractivity contribution in [2.24, 2.45) is 5.92 Å². The molecule has 1 aliphatic rings.